The van der Waals surface area contributed by atoms with E-state index >= 15 is 0 Å². The van der Waals surface area contributed by atoms with Crippen molar-refractivity contribution < 1.29 is 9.53 Å². The summed E-state index contributed by atoms with van der Waals surface area (Å²) in [5.74, 6) is 0.886. The molecule has 0 aliphatic rings. The number of carbonyl (C=O) groups excluding carboxylic acids is 1. The number of halogens is 1. The number of hydrogen-bond acceptors (Lipinski definition) is 3. The topological polar surface area (TPSA) is 29.5 Å². The van der Waals surface area contributed by atoms with Crippen LogP contribution in [0.25, 0.3) is 0 Å². The molecule has 0 radical (unpaired) electrons. The monoisotopic (exact) mass is 451 g/mol. The van der Waals surface area contributed by atoms with E-state index in [9.17, 15) is 4.79 Å². The van der Waals surface area contributed by atoms with Gasteiger partial charge in [0.2, 0.25) is 0 Å². The summed E-state index contributed by atoms with van der Waals surface area (Å²) in [7, 11) is 0. The van der Waals surface area contributed by atoms with Crippen molar-refractivity contribution in [2.75, 3.05) is 11.5 Å². The van der Waals surface area contributed by atoms with Crippen molar-refractivity contribution in [2.24, 2.45) is 0 Å². The lowest BCUT2D eigenvalue weighted by molar-refractivity contribution is 0.112. The van der Waals surface area contributed by atoms with Gasteiger partial charge in [0.05, 0.1) is 6.61 Å². The van der Waals surface area contributed by atoms with Gasteiger partial charge in [-0.1, -0.05) is 42.1 Å². The number of carbonyl (C=O) groups is 1. The van der Waals surface area contributed by atoms with Crippen LogP contribution in [0.15, 0.2) is 77.3 Å². The average molecular weight is 452 g/mol. The Morgan fingerprint density at radius 3 is 1.90 bits per heavy atom. The number of nitrogens with zero attached hydrogens (tertiary/aromatic N) is 1. The lowest BCUT2D eigenvalue weighted by atomic mass is 10.1. The summed E-state index contributed by atoms with van der Waals surface area (Å²) in [4.78, 5) is 13.2. The van der Waals surface area contributed by atoms with Gasteiger partial charge in [-0.3, -0.25) is 4.79 Å². The van der Waals surface area contributed by atoms with Gasteiger partial charge in [0.25, 0.3) is 0 Å². The second-order valence-electron chi connectivity index (χ2n) is 6.92. The molecule has 0 aromatic heterocycles. The molecule has 0 fully saturated rings. The Morgan fingerprint density at radius 2 is 1.34 bits per heavy atom. The van der Waals surface area contributed by atoms with E-state index in [-0.39, 0.29) is 0 Å². The van der Waals surface area contributed by atoms with Crippen LogP contribution < -0.4 is 9.64 Å². The fourth-order valence-corrected chi connectivity index (χ4v) is 3.41. The van der Waals surface area contributed by atoms with Crippen molar-refractivity contribution in [1.29, 1.82) is 0 Å². The highest BCUT2D eigenvalue weighted by atomic mass is 79.9. The maximum absolute atomic E-state index is 11.0. The zero-order valence-electron chi connectivity index (χ0n) is 16.7. The predicted molar refractivity (Wildman–Crippen MR) is 124 cm³/mol. The highest BCUT2D eigenvalue weighted by Gasteiger charge is 2.12. The molecule has 0 amide bonds. The molecule has 0 saturated carbocycles. The third kappa shape index (κ3) is 5.94. The fourth-order valence-electron chi connectivity index (χ4n) is 3.15. The second kappa shape index (κ2) is 10.8. The first-order chi connectivity index (χ1) is 14.2. The van der Waals surface area contributed by atoms with E-state index in [4.69, 9.17) is 4.74 Å². The van der Waals surface area contributed by atoms with Crippen LogP contribution in [0.2, 0.25) is 0 Å². The van der Waals surface area contributed by atoms with Crippen LogP contribution >= 0.6 is 15.9 Å². The molecule has 0 aliphatic carbocycles. The molecular weight excluding hydrogens is 426 g/mol. The van der Waals surface area contributed by atoms with Crippen molar-refractivity contribution in [2.45, 2.75) is 32.6 Å². The van der Waals surface area contributed by atoms with Crippen LogP contribution in [0.4, 0.5) is 17.1 Å². The summed E-state index contributed by atoms with van der Waals surface area (Å²) < 4.78 is 6.91. The molecule has 150 valence electrons. The van der Waals surface area contributed by atoms with E-state index in [1.165, 1.54) is 19.3 Å². The van der Waals surface area contributed by atoms with Crippen molar-refractivity contribution in [3.05, 3.63) is 82.8 Å². The van der Waals surface area contributed by atoms with Gasteiger partial charge in [-0.2, -0.15) is 0 Å². The van der Waals surface area contributed by atoms with Gasteiger partial charge >= 0.3 is 0 Å². The van der Waals surface area contributed by atoms with Gasteiger partial charge in [-0.05, 0) is 79.2 Å². The maximum Gasteiger partial charge on any atom is 0.150 e. The van der Waals surface area contributed by atoms with E-state index in [1.807, 2.05) is 48.5 Å². The zero-order valence-corrected chi connectivity index (χ0v) is 18.3. The third-order valence-corrected chi connectivity index (χ3v) is 5.26. The summed E-state index contributed by atoms with van der Waals surface area (Å²) in [6.45, 7) is 2.96. The molecule has 0 bridgehead atoms. The first-order valence-corrected chi connectivity index (χ1v) is 10.8. The lowest BCUT2D eigenvalue weighted by Gasteiger charge is -2.25. The van der Waals surface area contributed by atoms with Crippen LogP contribution in [-0.2, 0) is 0 Å². The smallest absolute Gasteiger partial charge is 0.150 e. The summed E-state index contributed by atoms with van der Waals surface area (Å²) >= 11 is 3.50. The summed E-state index contributed by atoms with van der Waals surface area (Å²) in [6, 6.07) is 23.9. The van der Waals surface area contributed by atoms with Crippen LogP contribution in [0.5, 0.6) is 5.75 Å². The molecule has 4 heteroatoms. The highest BCUT2D eigenvalue weighted by molar-refractivity contribution is 9.10. The van der Waals surface area contributed by atoms with E-state index in [2.05, 4.69) is 52.0 Å². The molecule has 3 aromatic rings. The van der Waals surface area contributed by atoms with E-state index in [1.54, 1.807) is 0 Å². The number of rotatable bonds is 10. The summed E-state index contributed by atoms with van der Waals surface area (Å²) in [5.41, 5.74) is 3.73. The van der Waals surface area contributed by atoms with E-state index < -0.39 is 0 Å². The molecular formula is C25H26BrNO2. The Hall–Kier alpha value is -2.59. The van der Waals surface area contributed by atoms with Gasteiger partial charge < -0.3 is 9.64 Å². The largest absolute Gasteiger partial charge is 0.494 e. The van der Waals surface area contributed by atoms with Gasteiger partial charge in [0.1, 0.15) is 12.0 Å². The number of anilines is 3. The molecule has 0 heterocycles. The van der Waals surface area contributed by atoms with Crippen LogP contribution in [0.3, 0.4) is 0 Å². The quantitative estimate of drug-likeness (QED) is 0.233. The molecule has 0 spiro atoms. The van der Waals surface area contributed by atoms with Gasteiger partial charge in [0, 0.05) is 27.1 Å². The highest BCUT2D eigenvalue weighted by Crippen LogP contribution is 2.35. The molecule has 29 heavy (non-hydrogen) atoms. The number of unbranched alkanes of at least 4 members (excludes halogenated alkanes) is 3. The number of hydrogen-bond donors (Lipinski definition) is 0. The molecule has 3 aromatic carbocycles. The predicted octanol–water partition coefficient (Wildman–Crippen LogP) is 7.69. The van der Waals surface area contributed by atoms with Crippen molar-refractivity contribution in [3.63, 3.8) is 0 Å². The Morgan fingerprint density at radius 1 is 0.793 bits per heavy atom. The molecule has 0 atom stereocenters. The van der Waals surface area contributed by atoms with Crippen molar-refractivity contribution in [3.8, 4) is 5.75 Å². The number of aldehydes is 1. The molecule has 0 aliphatic heterocycles. The van der Waals surface area contributed by atoms with Crippen molar-refractivity contribution >= 4 is 39.3 Å². The minimum Gasteiger partial charge on any atom is -0.494 e. The zero-order chi connectivity index (χ0) is 20.5. The fraction of sp³-hybridized carbons (Fsp3) is 0.240. The third-order valence-electron chi connectivity index (χ3n) is 4.73. The molecule has 3 rings (SSSR count). The second-order valence-corrected chi connectivity index (χ2v) is 7.84. The Kier molecular flexibility index (Phi) is 7.88. The molecule has 0 saturated heterocycles. The number of ether oxygens (including phenoxy) is 1. The summed E-state index contributed by atoms with van der Waals surface area (Å²) in [5, 5.41) is 0. The van der Waals surface area contributed by atoms with E-state index in [0.717, 1.165) is 46.6 Å². The SMILES string of the molecule is CCCCCCOc1ccc(N(c2ccc(Br)cc2)c2ccc(C=O)cc2)cc1. The van der Waals surface area contributed by atoms with Gasteiger partial charge in [-0.15, -0.1) is 0 Å². The lowest BCUT2D eigenvalue weighted by Crippen LogP contribution is -2.10. The number of benzene rings is 3. The van der Waals surface area contributed by atoms with Crippen LogP contribution in [0, 0.1) is 0 Å². The van der Waals surface area contributed by atoms with E-state index in [0.29, 0.717) is 5.56 Å². The Balaban J connectivity index is 1.81. The first kappa shape index (κ1) is 21.1. The maximum atomic E-state index is 11.0. The van der Waals surface area contributed by atoms with Gasteiger partial charge in [-0.25, -0.2) is 0 Å². The first-order valence-electron chi connectivity index (χ1n) is 10.0. The summed E-state index contributed by atoms with van der Waals surface area (Å²) in [6.07, 6.45) is 5.65. The van der Waals surface area contributed by atoms with Crippen molar-refractivity contribution in [1.82, 2.24) is 0 Å². The standard InChI is InChI=1S/C25H26BrNO2/c1-2-3-4-5-18-29-25-16-14-24(15-17-25)27(23-12-8-21(26)9-13-23)22-10-6-20(19-28)7-11-22/h6-17,19H,2-5,18H2,1H3. The Labute approximate surface area is 181 Å². The molecule has 0 N–H and O–H groups in total. The van der Waals surface area contributed by atoms with Crippen LogP contribution in [0.1, 0.15) is 43.0 Å². The Bertz CT molecular complexity index is 890. The average Bonchev–Trinajstić information content (AvgIpc) is 2.76. The van der Waals surface area contributed by atoms with Gasteiger partial charge in [0.15, 0.2) is 0 Å². The molecule has 3 nitrogen and oxygen atoms in total. The minimum atomic E-state index is 0.663. The minimum absolute atomic E-state index is 0.663. The molecule has 0 unspecified atom stereocenters. The van der Waals surface area contributed by atoms with Crippen LogP contribution in [-0.4, -0.2) is 12.9 Å². The normalized spacial score (nSPS) is 10.6.